The second-order valence-corrected chi connectivity index (χ2v) is 5.26. The maximum atomic E-state index is 11.5. The number of nitrogens with two attached hydrogens (primary N) is 1. The zero-order valence-corrected chi connectivity index (χ0v) is 9.95. The minimum absolute atomic E-state index is 0.162. The molecule has 5 heteroatoms. The highest BCUT2D eigenvalue weighted by Gasteiger charge is 2.26. The van der Waals surface area contributed by atoms with Crippen molar-refractivity contribution in [2.45, 2.75) is 32.2 Å². The van der Waals surface area contributed by atoms with E-state index in [1.54, 1.807) is 13.2 Å². The fourth-order valence-electron chi connectivity index (χ4n) is 1.14. The van der Waals surface area contributed by atoms with Crippen LogP contribution in [0.15, 0.2) is 0 Å². The van der Waals surface area contributed by atoms with Gasteiger partial charge in [-0.25, -0.2) is 0 Å². The van der Waals surface area contributed by atoms with E-state index < -0.39 is 16.3 Å². The molecule has 0 saturated carbocycles. The van der Waals surface area contributed by atoms with Crippen molar-refractivity contribution in [2.24, 2.45) is 5.73 Å². The summed E-state index contributed by atoms with van der Waals surface area (Å²) in [4.78, 5) is 11.5. The molecule has 0 heterocycles. The predicted molar refractivity (Wildman–Crippen MR) is 59.4 cm³/mol. The van der Waals surface area contributed by atoms with Gasteiger partial charge in [0.15, 0.2) is 0 Å². The van der Waals surface area contributed by atoms with Crippen LogP contribution in [0.5, 0.6) is 0 Å². The second-order valence-electron chi connectivity index (χ2n) is 3.70. The first-order valence-electron chi connectivity index (χ1n) is 4.77. The highest BCUT2D eigenvalue weighted by Crippen LogP contribution is 2.07. The smallest absolute Gasteiger partial charge is 0.239 e. The minimum atomic E-state index is -0.868. The van der Waals surface area contributed by atoms with E-state index in [2.05, 4.69) is 5.32 Å². The number of amides is 1. The van der Waals surface area contributed by atoms with Gasteiger partial charge in [0.1, 0.15) is 0 Å². The molecule has 3 N–H and O–H groups in total. The largest absolute Gasteiger partial charge is 0.354 e. The van der Waals surface area contributed by atoms with Gasteiger partial charge in [0.25, 0.3) is 0 Å². The molecule has 0 aromatic heterocycles. The summed E-state index contributed by atoms with van der Waals surface area (Å²) in [5.74, 6) is 0.318. The standard InChI is InChI=1S/C9H20N2O2S/c1-4-5-9(2,10)8(12)11-6-7-14(3)13/h4-7,10H2,1-3H3,(H,11,12). The molecule has 0 bridgehead atoms. The molecule has 84 valence electrons. The van der Waals surface area contributed by atoms with Gasteiger partial charge in [-0.15, -0.1) is 0 Å². The van der Waals surface area contributed by atoms with Crippen LogP contribution >= 0.6 is 0 Å². The summed E-state index contributed by atoms with van der Waals surface area (Å²) in [5, 5.41) is 2.68. The lowest BCUT2D eigenvalue weighted by molar-refractivity contribution is -0.125. The average Bonchev–Trinajstić information content (AvgIpc) is 2.03. The topological polar surface area (TPSA) is 72.2 Å². The van der Waals surface area contributed by atoms with Crippen LogP contribution in [0.25, 0.3) is 0 Å². The Morgan fingerprint density at radius 1 is 1.57 bits per heavy atom. The number of rotatable bonds is 6. The third kappa shape index (κ3) is 5.34. The fourth-order valence-corrected chi connectivity index (χ4v) is 1.53. The molecule has 0 spiro atoms. The Morgan fingerprint density at radius 2 is 2.14 bits per heavy atom. The Balaban J connectivity index is 3.88. The fraction of sp³-hybridized carbons (Fsp3) is 0.889. The molecule has 0 saturated heterocycles. The number of hydrogen-bond donors (Lipinski definition) is 2. The van der Waals surface area contributed by atoms with Crippen LogP contribution in [-0.2, 0) is 15.6 Å². The third-order valence-electron chi connectivity index (χ3n) is 1.96. The summed E-state index contributed by atoms with van der Waals surface area (Å²) in [6, 6.07) is 0. The molecule has 0 aromatic rings. The van der Waals surface area contributed by atoms with Crippen LogP contribution in [0.4, 0.5) is 0 Å². The molecule has 0 aliphatic heterocycles. The van der Waals surface area contributed by atoms with Crippen molar-refractivity contribution in [1.29, 1.82) is 0 Å². The monoisotopic (exact) mass is 220 g/mol. The van der Waals surface area contributed by atoms with E-state index >= 15 is 0 Å². The first-order valence-corrected chi connectivity index (χ1v) is 6.50. The third-order valence-corrected chi connectivity index (χ3v) is 2.74. The molecular weight excluding hydrogens is 200 g/mol. The molecule has 1 amide bonds. The number of carbonyl (C=O) groups is 1. The van der Waals surface area contributed by atoms with E-state index in [4.69, 9.17) is 5.73 Å². The Hall–Kier alpha value is -0.420. The average molecular weight is 220 g/mol. The lowest BCUT2D eigenvalue weighted by Crippen LogP contribution is -2.52. The molecule has 0 aromatic carbocycles. The first-order chi connectivity index (χ1) is 6.40. The summed E-state index contributed by atoms with van der Waals surface area (Å²) >= 11 is 0. The molecule has 0 aliphatic carbocycles. The first kappa shape index (κ1) is 13.6. The van der Waals surface area contributed by atoms with E-state index in [1.807, 2.05) is 6.92 Å². The second kappa shape index (κ2) is 6.14. The Morgan fingerprint density at radius 3 is 2.57 bits per heavy atom. The van der Waals surface area contributed by atoms with Gasteiger partial charge in [0.05, 0.1) is 5.54 Å². The van der Waals surface area contributed by atoms with Gasteiger partial charge >= 0.3 is 0 Å². The zero-order valence-electron chi connectivity index (χ0n) is 9.13. The number of nitrogens with one attached hydrogen (secondary N) is 1. The highest BCUT2D eigenvalue weighted by atomic mass is 32.2. The van der Waals surface area contributed by atoms with E-state index in [0.717, 1.165) is 6.42 Å². The molecule has 4 nitrogen and oxygen atoms in total. The van der Waals surface area contributed by atoms with Crippen LogP contribution in [0, 0.1) is 0 Å². The van der Waals surface area contributed by atoms with Crippen molar-refractivity contribution in [3.8, 4) is 0 Å². The highest BCUT2D eigenvalue weighted by molar-refractivity contribution is 7.84. The molecule has 0 rings (SSSR count). The lowest BCUT2D eigenvalue weighted by Gasteiger charge is -2.22. The number of hydrogen-bond acceptors (Lipinski definition) is 3. The van der Waals surface area contributed by atoms with Crippen molar-refractivity contribution >= 4 is 16.7 Å². The van der Waals surface area contributed by atoms with Crippen LogP contribution in [0.2, 0.25) is 0 Å². The SMILES string of the molecule is CCCC(C)(N)C(=O)NCCS(C)=O. The summed E-state index contributed by atoms with van der Waals surface area (Å²) in [5.41, 5.74) is 5.00. The Kier molecular flexibility index (Phi) is 5.95. The summed E-state index contributed by atoms with van der Waals surface area (Å²) in [6.07, 6.45) is 3.15. The van der Waals surface area contributed by atoms with Crippen LogP contribution < -0.4 is 11.1 Å². The normalized spacial score (nSPS) is 17.1. The van der Waals surface area contributed by atoms with Crippen molar-refractivity contribution in [3.05, 3.63) is 0 Å². The van der Waals surface area contributed by atoms with Crippen molar-refractivity contribution < 1.29 is 9.00 Å². The van der Waals surface area contributed by atoms with Gasteiger partial charge in [-0.1, -0.05) is 13.3 Å². The van der Waals surface area contributed by atoms with Gasteiger partial charge in [-0.3, -0.25) is 9.00 Å². The number of carbonyl (C=O) groups excluding carboxylic acids is 1. The Labute approximate surface area is 88.1 Å². The summed E-state index contributed by atoms with van der Waals surface area (Å²) in [7, 11) is -0.868. The molecule has 0 aliphatic rings. The van der Waals surface area contributed by atoms with E-state index in [0.29, 0.717) is 18.7 Å². The van der Waals surface area contributed by atoms with Crippen molar-refractivity contribution in [2.75, 3.05) is 18.6 Å². The maximum Gasteiger partial charge on any atom is 0.239 e. The van der Waals surface area contributed by atoms with Gasteiger partial charge in [-0.05, 0) is 13.3 Å². The molecule has 14 heavy (non-hydrogen) atoms. The lowest BCUT2D eigenvalue weighted by atomic mass is 9.97. The zero-order chi connectivity index (χ0) is 11.2. The van der Waals surface area contributed by atoms with E-state index in [1.165, 1.54) is 0 Å². The van der Waals surface area contributed by atoms with Gasteiger partial charge in [-0.2, -0.15) is 0 Å². The van der Waals surface area contributed by atoms with Gasteiger partial charge in [0.2, 0.25) is 5.91 Å². The summed E-state index contributed by atoms with van der Waals surface area (Å²) in [6.45, 7) is 4.13. The van der Waals surface area contributed by atoms with E-state index in [-0.39, 0.29) is 5.91 Å². The molecule has 0 radical (unpaired) electrons. The Bertz CT molecular complexity index is 217. The quantitative estimate of drug-likeness (QED) is 0.662. The molecular formula is C9H20N2O2S. The van der Waals surface area contributed by atoms with Gasteiger partial charge < -0.3 is 11.1 Å². The van der Waals surface area contributed by atoms with Crippen LogP contribution in [-0.4, -0.2) is 34.2 Å². The van der Waals surface area contributed by atoms with Crippen molar-refractivity contribution in [3.63, 3.8) is 0 Å². The minimum Gasteiger partial charge on any atom is -0.354 e. The van der Waals surface area contributed by atoms with E-state index in [9.17, 15) is 9.00 Å². The predicted octanol–water partition coefficient (Wildman–Crippen LogP) is -0.00140. The van der Waals surface area contributed by atoms with Crippen LogP contribution in [0.1, 0.15) is 26.7 Å². The van der Waals surface area contributed by atoms with Crippen LogP contribution in [0.3, 0.4) is 0 Å². The molecule has 2 atom stereocenters. The van der Waals surface area contributed by atoms with Crippen molar-refractivity contribution in [1.82, 2.24) is 5.32 Å². The van der Waals surface area contributed by atoms with Gasteiger partial charge in [0, 0.05) is 29.4 Å². The maximum absolute atomic E-state index is 11.5. The molecule has 2 unspecified atom stereocenters. The summed E-state index contributed by atoms with van der Waals surface area (Å²) < 4.78 is 10.7. The molecule has 0 fully saturated rings.